The highest BCUT2D eigenvalue weighted by molar-refractivity contribution is 5.66. The number of pyridine rings is 1. The summed E-state index contributed by atoms with van der Waals surface area (Å²) in [5.74, 6) is 0.863. The van der Waals surface area contributed by atoms with Crippen LogP contribution in [0.4, 0.5) is 5.82 Å². The number of H-pyrrole nitrogens is 1. The van der Waals surface area contributed by atoms with E-state index in [1.165, 1.54) is 5.56 Å². The number of benzene rings is 1. The van der Waals surface area contributed by atoms with Gasteiger partial charge in [-0.3, -0.25) is 0 Å². The maximum absolute atomic E-state index is 5.92. The van der Waals surface area contributed by atoms with Gasteiger partial charge in [-0.05, 0) is 34.5 Å². The SMILES string of the molecule is Nc1ncccc1-c1nnn(C(Cc2ccccc2)c2cc[nH]c2)n1. The number of hydrogen-bond donors (Lipinski definition) is 2. The number of rotatable bonds is 5. The van der Waals surface area contributed by atoms with Crippen LogP contribution in [0.25, 0.3) is 11.4 Å². The van der Waals surface area contributed by atoms with Crippen LogP contribution in [0.5, 0.6) is 0 Å². The Morgan fingerprint density at radius 1 is 1.08 bits per heavy atom. The standard InChI is InChI=1S/C18H17N7/c19-17-15(7-4-9-21-17)18-22-24-25(23-18)16(14-8-10-20-12-14)11-13-5-2-1-3-6-13/h1-10,12,16,20H,11H2,(H2,19,21). The van der Waals surface area contributed by atoms with Crippen LogP contribution in [-0.4, -0.2) is 30.2 Å². The molecule has 124 valence electrons. The van der Waals surface area contributed by atoms with Gasteiger partial charge in [0.1, 0.15) is 11.9 Å². The molecule has 0 saturated heterocycles. The molecule has 25 heavy (non-hydrogen) atoms. The number of aromatic amines is 1. The van der Waals surface area contributed by atoms with Crippen LogP contribution in [-0.2, 0) is 6.42 Å². The molecule has 7 nitrogen and oxygen atoms in total. The van der Waals surface area contributed by atoms with Gasteiger partial charge in [-0.1, -0.05) is 30.3 Å². The number of nitrogens with two attached hydrogens (primary N) is 1. The molecule has 1 unspecified atom stereocenters. The Hall–Kier alpha value is -3.48. The number of aromatic nitrogens is 6. The third-order valence-electron chi connectivity index (χ3n) is 4.07. The third-order valence-corrected chi connectivity index (χ3v) is 4.07. The van der Waals surface area contributed by atoms with Gasteiger partial charge in [0.05, 0.1) is 5.56 Å². The van der Waals surface area contributed by atoms with Gasteiger partial charge in [0, 0.05) is 25.0 Å². The molecule has 4 aromatic rings. The largest absolute Gasteiger partial charge is 0.383 e. The molecular weight excluding hydrogens is 314 g/mol. The quantitative estimate of drug-likeness (QED) is 0.585. The molecule has 0 amide bonds. The van der Waals surface area contributed by atoms with Gasteiger partial charge >= 0.3 is 0 Å². The Balaban J connectivity index is 1.70. The number of nitrogens with one attached hydrogen (secondary N) is 1. The second-order valence-electron chi connectivity index (χ2n) is 5.72. The molecule has 0 fully saturated rings. The average molecular weight is 331 g/mol. The monoisotopic (exact) mass is 331 g/mol. The molecule has 0 aliphatic rings. The lowest BCUT2D eigenvalue weighted by molar-refractivity contribution is 0.449. The summed E-state index contributed by atoms with van der Waals surface area (Å²) in [5, 5.41) is 13.0. The molecule has 1 atom stereocenters. The fraction of sp³-hybridized carbons (Fsp3) is 0.111. The van der Waals surface area contributed by atoms with Gasteiger partial charge < -0.3 is 10.7 Å². The minimum Gasteiger partial charge on any atom is -0.383 e. The van der Waals surface area contributed by atoms with Gasteiger partial charge in [0.15, 0.2) is 0 Å². The summed E-state index contributed by atoms with van der Waals surface area (Å²) in [6.07, 6.45) is 6.25. The fourth-order valence-electron chi connectivity index (χ4n) is 2.79. The Morgan fingerprint density at radius 2 is 1.96 bits per heavy atom. The summed E-state index contributed by atoms with van der Waals surface area (Å²) in [6.45, 7) is 0. The summed E-state index contributed by atoms with van der Waals surface area (Å²) in [5.41, 5.74) is 8.90. The summed E-state index contributed by atoms with van der Waals surface area (Å²) < 4.78 is 0. The van der Waals surface area contributed by atoms with E-state index in [0.717, 1.165) is 12.0 Å². The van der Waals surface area contributed by atoms with Gasteiger partial charge in [-0.2, -0.15) is 4.80 Å². The van der Waals surface area contributed by atoms with Crippen molar-refractivity contribution in [2.24, 2.45) is 0 Å². The Kier molecular flexibility index (Phi) is 3.96. The minimum atomic E-state index is -0.0622. The molecule has 7 heteroatoms. The van der Waals surface area contributed by atoms with Crippen LogP contribution in [0.2, 0.25) is 0 Å². The Labute approximate surface area is 144 Å². The normalized spacial score (nSPS) is 12.2. The highest BCUT2D eigenvalue weighted by Crippen LogP contribution is 2.24. The van der Waals surface area contributed by atoms with E-state index >= 15 is 0 Å². The first-order valence-electron chi connectivity index (χ1n) is 7.98. The second-order valence-corrected chi connectivity index (χ2v) is 5.72. The topological polar surface area (TPSA) is 98.3 Å². The van der Waals surface area contributed by atoms with Gasteiger partial charge in [0.25, 0.3) is 0 Å². The number of tetrazole rings is 1. The van der Waals surface area contributed by atoms with Crippen LogP contribution in [0.1, 0.15) is 17.2 Å². The Morgan fingerprint density at radius 3 is 2.72 bits per heavy atom. The molecule has 1 aromatic carbocycles. The summed E-state index contributed by atoms with van der Waals surface area (Å²) in [4.78, 5) is 8.81. The van der Waals surface area contributed by atoms with Crippen LogP contribution < -0.4 is 5.73 Å². The summed E-state index contributed by atoms with van der Waals surface area (Å²) in [7, 11) is 0. The number of hydrogen-bond acceptors (Lipinski definition) is 5. The maximum Gasteiger partial charge on any atom is 0.208 e. The predicted octanol–water partition coefficient (Wildman–Crippen LogP) is 2.48. The van der Waals surface area contributed by atoms with Crippen molar-refractivity contribution >= 4 is 5.82 Å². The first kappa shape index (κ1) is 15.1. The van der Waals surface area contributed by atoms with E-state index in [0.29, 0.717) is 17.2 Å². The second kappa shape index (κ2) is 6.56. The Bertz CT molecular complexity index is 944. The van der Waals surface area contributed by atoms with Gasteiger partial charge in [0.2, 0.25) is 5.82 Å². The van der Waals surface area contributed by atoms with Crippen LogP contribution in [0.15, 0.2) is 67.1 Å². The third kappa shape index (κ3) is 3.12. The highest BCUT2D eigenvalue weighted by Gasteiger charge is 2.20. The molecule has 0 saturated carbocycles. The molecule has 0 spiro atoms. The molecule has 4 rings (SSSR count). The minimum absolute atomic E-state index is 0.0622. The van der Waals surface area contributed by atoms with Crippen molar-refractivity contribution < 1.29 is 0 Å². The van der Waals surface area contributed by atoms with E-state index < -0.39 is 0 Å². The van der Waals surface area contributed by atoms with E-state index in [2.05, 4.69) is 37.5 Å². The van der Waals surface area contributed by atoms with E-state index in [1.54, 1.807) is 17.1 Å². The lowest BCUT2D eigenvalue weighted by atomic mass is 10.0. The molecule has 3 aromatic heterocycles. The van der Waals surface area contributed by atoms with Crippen molar-refractivity contribution in [2.45, 2.75) is 12.5 Å². The van der Waals surface area contributed by atoms with Crippen molar-refractivity contribution in [2.75, 3.05) is 5.73 Å². The molecule has 0 bridgehead atoms. The molecule has 3 N–H and O–H groups in total. The number of nitrogens with zero attached hydrogens (tertiary/aromatic N) is 5. The van der Waals surface area contributed by atoms with Crippen molar-refractivity contribution in [1.29, 1.82) is 0 Å². The molecule has 0 radical (unpaired) electrons. The van der Waals surface area contributed by atoms with Crippen LogP contribution in [0.3, 0.4) is 0 Å². The zero-order chi connectivity index (χ0) is 17.1. The zero-order valence-corrected chi connectivity index (χ0v) is 13.4. The van der Waals surface area contributed by atoms with Crippen molar-refractivity contribution in [1.82, 2.24) is 30.2 Å². The van der Waals surface area contributed by atoms with E-state index in [1.807, 2.05) is 42.7 Å². The van der Waals surface area contributed by atoms with Gasteiger partial charge in [-0.25, -0.2) is 4.98 Å². The van der Waals surface area contributed by atoms with Crippen molar-refractivity contribution in [3.63, 3.8) is 0 Å². The molecule has 3 heterocycles. The highest BCUT2D eigenvalue weighted by atomic mass is 15.6. The van der Waals surface area contributed by atoms with Crippen LogP contribution >= 0.6 is 0 Å². The summed E-state index contributed by atoms with van der Waals surface area (Å²) >= 11 is 0. The number of nitrogen functional groups attached to an aromatic ring is 1. The fourth-order valence-corrected chi connectivity index (χ4v) is 2.79. The maximum atomic E-state index is 5.92. The lowest BCUT2D eigenvalue weighted by Gasteiger charge is -2.14. The summed E-state index contributed by atoms with van der Waals surface area (Å²) in [6, 6.07) is 15.9. The molecule has 0 aliphatic heterocycles. The first-order chi connectivity index (χ1) is 12.3. The predicted molar refractivity (Wildman–Crippen MR) is 94.5 cm³/mol. The van der Waals surface area contributed by atoms with Gasteiger partial charge in [-0.15, -0.1) is 10.2 Å². The van der Waals surface area contributed by atoms with E-state index in [4.69, 9.17) is 5.73 Å². The first-order valence-corrected chi connectivity index (χ1v) is 7.98. The average Bonchev–Trinajstić information content (AvgIpc) is 3.33. The molecular formula is C18H17N7. The lowest BCUT2D eigenvalue weighted by Crippen LogP contribution is -2.16. The van der Waals surface area contributed by atoms with Crippen molar-refractivity contribution in [3.05, 3.63) is 78.2 Å². The smallest absolute Gasteiger partial charge is 0.208 e. The number of anilines is 1. The zero-order valence-electron chi connectivity index (χ0n) is 13.4. The van der Waals surface area contributed by atoms with E-state index in [9.17, 15) is 0 Å². The van der Waals surface area contributed by atoms with E-state index in [-0.39, 0.29) is 6.04 Å². The van der Waals surface area contributed by atoms with Crippen molar-refractivity contribution in [3.8, 4) is 11.4 Å². The van der Waals surface area contributed by atoms with Crippen LogP contribution in [0, 0.1) is 0 Å². The molecule has 0 aliphatic carbocycles.